The molecule has 128 valence electrons. The Morgan fingerprint density at radius 1 is 1.48 bits per heavy atom. The molecule has 1 atom stereocenters. The molecule has 23 heavy (non-hydrogen) atoms. The van der Waals surface area contributed by atoms with E-state index in [0.29, 0.717) is 25.5 Å². The number of morpholine rings is 1. The number of ether oxygens (including phenoxy) is 2. The molecule has 1 aromatic carbocycles. The van der Waals surface area contributed by atoms with Gasteiger partial charge in [0.2, 0.25) is 5.91 Å². The predicted molar refractivity (Wildman–Crippen MR) is 86.7 cm³/mol. The molecule has 6 nitrogen and oxygen atoms in total. The first-order valence-corrected chi connectivity index (χ1v) is 9.31. The van der Waals surface area contributed by atoms with Crippen molar-refractivity contribution < 1.29 is 22.7 Å². The number of amides is 1. The van der Waals surface area contributed by atoms with Crippen molar-refractivity contribution in [2.75, 3.05) is 32.6 Å². The zero-order valence-corrected chi connectivity index (χ0v) is 14.7. The van der Waals surface area contributed by atoms with Gasteiger partial charge in [0.25, 0.3) is 0 Å². The first-order chi connectivity index (χ1) is 10.8. The van der Waals surface area contributed by atoms with E-state index in [2.05, 4.69) is 0 Å². The highest BCUT2D eigenvalue weighted by molar-refractivity contribution is 7.91. The van der Waals surface area contributed by atoms with Crippen LogP contribution in [0.3, 0.4) is 0 Å². The Labute approximate surface area is 141 Å². The van der Waals surface area contributed by atoms with Crippen molar-refractivity contribution in [3.63, 3.8) is 0 Å². The molecule has 0 spiro atoms. The van der Waals surface area contributed by atoms with E-state index in [4.69, 9.17) is 21.1 Å². The van der Waals surface area contributed by atoms with Crippen LogP contribution in [-0.2, 0) is 19.4 Å². The Kier molecular flexibility index (Phi) is 5.89. The Bertz CT molecular complexity index is 676. The normalized spacial score (nSPS) is 18.7. The molecule has 1 saturated heterocycles. The van der Waals surface area contributed by atoms with Crippen molar-refractivity contribution in [2.24, 2.45) is 0 Å². The lowest BCUT2D eigenvalue weighted by molar-refractivity contribution is -0.138. The lowest BCUT2D eigenvalue weighted by Crippen LogP contribution is -2.47. The second-order valence-electron chi connectivity index (χ2n) is 5.38. The topological polar surface area (TPSA) is 72.9 Å². The van der Waals surface area contributed by atoms with Crippen molar-refractivity contribution in [2.45, 2.75) is 24.3 Å². The highest BCUT2D eigenvalue weighted by Crippen LogP contribution is 2.27. The summed E-state index contributed by atoms with van der Waals surface area (Å²) in [6.45, 7) is 3.34. The van der Waals surface area contributed by atoms with Crippen molar-refractivity contribution in [3.8, 4) is 5.75 Å². The summed E-state index contributed by atoms with van der Waals surface area (Å²) in [7, 11) is -2.12. The molecule has 0 N–H and O–H groups in total. The monoisotopic (exact) mass is 361 g/mol. The van der Waals surface area contributed by atoms with Crippen LogP contribution in [-0.4, -0.2) is 57.9 Å². The van der Waals surface area contributed by atoms with Crippen LogP contribution in [0.25, 0.3) is 0 Å². The number of sulfone groups is 1. The van der Waals surface area contributed by atoms with E-state index in [1.165, 1.54) is 25.3 Å². The fraction of sp³-hybridized carbons (Fsp3) is 0.533. The molecule has 1 heterocycles. The molecule has 1 aliphatic heterocycles. The number of methoxy groups -OCH3 is 1. The van der Waals surface area contributed by atoms with Crippen molar-refractivity contribution in [1.82, 2.24) is 4.90 Å². The van der Waals surface area contributed by atoms with Crippen LogP contribution < -0.4 is 4.74 Å². The first-order valence-electron chi connectivity index (χ1n) is 7.28. The van der Waals surface area contributed by atoms with Crippen molar-refractivity contribution in [3.05, 3.63) is 23.2 Å². The zero-order valence-electron chi connectivity index (χ0n) is 13.1. The summed E-state index contributed by atoms with van der Waals surface area (Å²) in [6, 6.07) is 4.25. The number of benzene rings is 1. The molecular formula is C15H20ClNO5S. The number of carbonyl (C=O) groups excluding carboxylic acids is 1. The van der Waals surface area contributed by atoms with Crippen LogP contribution in [0.5, 0.6) is 5.75 Å². The van der Waals surface area contributed by atoms with E-state index >= 15 is 0 Å². The smallest absolute Gasteiger partial charge is 0.224 e. The molecule has 8 heteroatoms. The third kappa shape index (κ3) is 4.37. The molecule has 1 aliphatic rings. The van der Waals surface area contributed by atoms with Gasteiger partial charge in [-0.15, -0.1) is 0 Å². The van der Waals surface area contributed by atoms with Crippen LogP contribution in [0.2, 0.25) is 5.02 Å². The minimum Gasteiger partial charge on any atom is -0.495 e. The molecule has 1 fully saturated rings. The maximum atomic E-state index is 12.4. The third-order valence-corrected chi connectivity index (χ3v) is 5.76. The average molecular weight is 362 g/mol. The summed E-state index contributed by atoms with van der Waals surface area (Å²) in [6.07, 6.45) is -0.0592. The summed E-state index contributed by atoms with van der Waals surface area (Å²) in [5, 5.41) is 0.224. The number of halogens is 1. The van der Waals surface area contributed by atoms with Crippen molar-refractivity contribution >= 4 is 27.3 Å². The minimum absolute atomic E-state index is 0.0330. The van der Waals surface area contributed by atoms with Crippen LogP contribution in [0.15, 0.2) is 23.1 Å². The first kappa shape index (κ1) is 18.0. The predicted octanol–water partition coefficient (Wildman–Crippen LogP) is 1.76. The van der Waals surface area contributed by atoms with Gasteiger partial charge in [0.15, 0.2) is 9.84 Å². The van der Waals surface area contributed by atoms with E-state index in [-0.39, 0.29) is 34.0 Å². The van der Waals surface area contributed by atoms with Gasteiger partial charge in [-0.1, -0.05) is 11.6 Å². The molecule has 2 rings (SSSR count). The Hall–Kier alpha value is -1.31. The van der Waals surface area contributed by atoms with Gasteiger partial charge in [-0.3, -0.25) is 4.79 Å². The van der Waals surface area contributed by atoms with Gasteiger partial charge in [0.1, 0.15) is 5.75 Å². The van der Waals surface area contributed by atoms with E-state index in [1.54, 1.807) is 4.90 Å². The van der Waals surface area contributed by atoms with E-state index in [1.807, 2.05) is 6.92 Å². The van der Waals surface area contributed by atoms with Gasteiger partial charge >= 0.3 is 0 Å². The second kappa shape index (κ2) is 7.51. The molecule has 0 radical (unpaired) electrons. The van der Waals surface area contributed by atoms with Gasteiger partial charge in [-0.05, 0) is 25.1 Å². The van der Waals surface area contributed by atoms with Gasteiger partial charge in [-0.25, -0.2) is 8.42 Å². The number of hydrogen-bond donors (Lipinski definition) is 0. The van der Waals surface area contributed by atoms with Crippen LogP contribution >= 0.6 is 11.6 Å². The number of nitrogens with zero attached hydrogens (tertiary/aromatic N) is 1. The molecular weight excluding hydrogens is 342 g/mol. The highest BCUT2D eigenvalue weighted by atomic mass is 35.5. The molecule has 0 aliphatic carbocycles. The largest absolute Gasteiger partial charge is 0.495 e. The zero-order chi connectivity index (χ0) is 17.0. The maximum Gasteiger partial charge on any atom is 0.224 e. The molecule has 1 amide bonds. The minimum atomic E-state index is -3.58. The quantitative estimate of drug-likeness (QED) is 0.799. The second-order valence-corrected chi connectivity index (χ2v) is 7.89. The standard InChI is InChI=1S/C15H20ClNO5S/c1-11-10-22-7-6-17(11)15(18)5-8-23(19,20)12-3-4-14(21-2)13(16)9-12/h3-4,9,11H,5-8,10H2,1-2H3. The summed E-state index contributed by atoms with van der Waals surface area (Å²) >= 11 is 5.96. The van der Waals surface area contributed by atoms with Gasteiger partial charge in [0.05, 0.1) is 42.0 Å². The lowest BCUT2D eigenvalue weighted by Gasteiger charge is -2.33. The van der Waals surface area contributed by atoms with Crippen LogP contribution in [0.4, 0.5) is 0 Å². The lowest BCUT2D eigenvalue weighted by atomic mass is 10.2. The Morgan fingerprint density at radius 2 is 2.22 bits per heavy atom. The summed E-state index contributed by atoms with van der Waals surface area (Å²) < 4.78 is 35.0. The highest BCUT2D eigenvalue weighted by Gasteiger charge is 2.25. The fourth-order valence-electron chi connectivity index (χ4n) is 2.42. The molecule has 1 unspecified atom stereocenters. The SMILES string of the molecule is COc1ccc(S(=O)(=O)CCC(=O)N2CCOCC2C)cc1Cl. The molecule has 0 bridgehead atoms. The number of carbonyl (C=O) groups is 1. The number of rotatable bonds is 5. The van der Waals surface area contributed by atoms with Crippen molar-refractivity contribution in [1.29, 1.82) is 0 Å². The Balaban J connectivity index is 2.03. The van der Waals surface area contributed by atoms with Gasteiger partial charge in [0, 0.05) is 13.0 Å². The average Bonchev–Trinajstić information content (AvgIpc) is 2.53. The molecule has 0 saturated carbocycles. The maximum absolute atomic E-state index is 12.4. The number of hydrogen-bond acceptors (Lipinski definition) is 5. The van der Waals surface area contributed by atoms with E-state index in [0.717, 1.165) is 0 Å². The van der Waals surface area contributed by atoms with E-state index < -0.39 is 9.84 Å². The third-order valence-electron chi connectivity index (χ3n) is 3.76. The molecule has 1 aromatic rings. The fourth-order valence-corrected chi connectivity index (χ4v) is 4.00. The van der Waals surface area contributed by atoms with Crippen LogP contribution in [0.1, 0.15) is 13.3 Å². The molecule has 0 aromatic heterocycles. The van der Waals surface area contributed by atoms with E-state index in [9.17, 15) is 13.2 Å². The Morgan fingerprint density at radius 3 is 2.83 bits per heavy atom. The van der Waals surface area contributed by atoms with Crippen LogP contribution in [0, 0.1) is 0 Å². The van der Waals surface area contributed by atoms with Gasteiger partial charge < -0.3 is 14.4 Å². The summed E-state index contributed by atoms with van der Waals surface area (Å²) in [5.74, 6) is -0.0220. The summed E-state index contributed by atoms with van der Waals surface area (Å²) in [4.78, 5) is 14.0. The summed E-state index contributed by atoms with van der Waals surface area (Å²) in [5.41, 5.74) is 0. The van der Waals surface area contributed by atoms with Gasteiger partial charge in [-0.2, -0.15) is 0 Å².